The quantitative estimate of drug-likeness (QED) is 0.806. The van der Waals surface area contributed by atoms with Gasteiger partial charge in [-0.1, -0.05) is 6.42 Å². The first-order valence-corrected chi connectivity index (χ1v) is 8.98. The molecule has 2 aliphatic rings. The van der Waals surface area contributed by atoms with Gasteiger partial charge in [0.2, 0.25) is 0 Å². The van der Waals surface area contributed by atoms with Gasteiger partial charge < -0.3 is 9.84 Å². The van der Waals surface area contributed by atoms with Crippen molar-refractivity contribution in [2.45, 2.75) is 51.2 Å². The second kappa shape index (κ2) is 7.17. The Kier molecular flexibility index (Phi) is 5.80. The van der Waals surface area contributed by atoms with Gasteiger partial charge in [0, 0.05) is 32.3 Å². The maximum absolute atomic E-state index is 12.7. The minimum absolute atomic E-state index is 0.000826. The first kappa shape index (κ1) is 16.2. The fraction of sp³-hybridized carbons (Fsp3) is 1.00. The molecule has 2 rings (SSSR count). The highest BCUT2D eigenvalue weighted by Gasteiger charge is 2.38. The van der Waals surface area contributed by atoms with Crippen LogP contribution in [0, 0.1) is 0 Å². The minimum atomic E-state index is -3.47. The highest BCUT2D eigenvalue weighted by molar-refractivity contribution is 7.86. The molecule has 2 atom stereocenters. The summed E-state index contributed by atoms with van der Waals surface area (Å²) in [6.45, 7) is 3.96. The number of nitrogens with zero attached hydrogens (tertiary/aromatic N) is 2. The van der Waals surface area contributed by atoms with E-state index in [9.17, 15) is 13.5 Å². The number of piperidine rings is 2. The number of rotatable bonds is 5. The summed E-state index contributed by atoms with van der Waals surface area (Å²) >= 11 is 0. The number of aliphatic hydroxyl groups is 1. The molecule has 7 heteroatoms. The Morgan fingerprint density at radius 2 is 2.00 bits per heavy atom. The Morgan fingerprint density at radius 3 is 2.70 bits per heavy atom. The van der Waals surface area contributed by atoms with Crippen molar-refractivity contribution in [3.63, 3.8) is 0 Å². The second-order valence-electron chi connectivity index (χ2n) is 5.53. The van der Waals surface area contributed by atoms with Crippen molar-refractivity contribution in [2.75, 3.05) is 32.8 Å². The molecule has 6 nitrogen and oxygen atoms in total. The van der Waals surface area contributed by atoms with E-state index in [1.807, 2.05) is 6.92 Å². The third-order valence-corrected chi connectivity index (χ3v) is 6.21. The van der Waals surface area contributed by atoms with Crippen molar-refractivity contribution in [3.8, 4) is 0 Å². The predicted molar refractivity (Wildman–Crippen MR) is 76.6 cm³/mol. The summed E-state index contributed by atoms with van der Waals surface area (Å²) in [6.07, 6.45) is 4.36. The molecule has 0 aromatic rings. The Labute approximate surface area is 121 Å². The fourth-order valence-electron chi connectivity index (χ4n) is 3.09. The van der Waals surface area contributed by atoms with Gasteiger partial charge in [0.05, 0.1) is 12.7 Å². The van der Waals surface area contributed by atoms with Gasteiger partial charge in [-0.25, -0.2) is 0 Å². The Morgan fingerprint density at radius 1 is 1.20 bits per heavy atom. The largest absolute Gasteiger partial charge is 0.395 e. The molecule has 0 aromatic heterocycles. The van der Waals surface area contributed by atoms with Crippen LogP contribution in [0.25, 0.3) is 0 Å². The lowest BCUT2D eigenvalue weighted by Gasteiger charge is -2.39. The highest BCUT2D eigenvalue weighted by atomic mass is 32.2. The summed E-state index contributed by atoms with van der Waals surface area (Å²) in [7, 11) is -3.47. The summed E-state index contributed by atoms with van der Waals surface area (Å²) in [5.41, 5.74) is 0. The summed E-state index contributed by atoms with van der Waals surface area (Å²) in [5, 5.41) is 9.41. The molecule has 0 saturated carbocycles. The Hall–Kier alpha value is -0.210. The van der Waals surface area contributed by atoms with Crippen molar-refractivity contribution in [2.24, 2.45) is 0 Å². The molecule has 2 aliphatic heterocycles. The highest BCUT2D eigenvalue weighted by Crippen LogP contribution is 2.25. The Balaban J connectivity index is 2.08. The van der Waals surface area contributed by atoms with E-state index in [4.69, 9.17) is 4.74 Å². The molecule has 1 N–H and O–H groups in total. The van der Waals surface area contributed by atoms with E-state index in [0.717, 1.165) is 32.1 Å². The molecule has 0 spiro atoms. The average molecular weight is 306 g/mol. The Bertz CT molecular complexity index is 399. The number of aliphatic hydroxyl groups excluding tert-OH is 1. The van der Waals surface area contributed by atoms with Crippen LogP contribution < -0.4 is 0 Å². The van der Waals surface area contributed by atoms with Gasteiger partial charge in [0.25, 0.3) is 10.2 Å². The van der Waals surface area contributed by atoms with Crippen LogP contribution in [0.3, 0.4) is 0 Å². The van der Waals surface area contributed by atoms with Gasteiger partial charge in [0.1, 0.15) is 0 Å². The molecular formula is C13H26N2O4S. The SMILES string of the molecule is CCOC1CCCN(S(=O)(=O)N2CCCCC2CO)C1. The second-order valence-corrected chi connectivity index (χ2v) is 7.41. The summed E-state index contributed by atoms with van der Waals surface area (Å²) in [6, 6.07) is -0.263. The maximum Gasteiger partial charge on any atom is 0.282 e. The van der Waals surface area contributed by atoms with Crippen LogP contribution in [0.4, 0.5) is 0 Å². The van der Waals surface area contributed by atoms with Crippen molar-refractivity contribution in [1.29, 1.82) is 0 Å². The first-order valence-electron chi connectivity index (χ1n) is 7.59. The number of hydrogen-bond donors (Lipinski definition) is 1. The summed E-state index contributed by atoms with van der Waals surface area (Å²) in [4.78, 5) is 0. The van der Waals surface area contributed by atoms with Crippen molar-refractivity contribution >= 4 is 10.2 Å². The van der Waals surface area contributed by atoms with Crippen LogP contribution in [-0.2, 0) is 14.9 Å². The van der Waals surface area contributed by atoms with E-state index in [1.165, 1.54) is 8.61 Å². The lowest BCUT2D eigenvalue weighted by atomic mass is 10.1. The van der Waals surface area contributed by atoms with Crippen molar-refractivity contribution in [1.82, 2.24) is 8.61 Å². The van der Waals surface area contributed by atoms with Crippen molar-refractivity contribution in [3.05, 3.63) is 0 Å². The van der Waals surface area contributed by atoms with Crippen LogP contribution in [-0.4, -0.2) is 67.1 Å². The molecule has 118 valence electrons. The van der Waals surface area contributed by atoms with Crippen LogP contribution >= 0.6 is 0 Å². The maximum atomic E-state index is 12.7. The average Bonchev–Trinajstić information content (AvgIpc) is 2.48. The fourth-order valence-corrected chi connectivity index (χ4v) is 5.01. The molecule has 0 aliphatic carbocycles. The molecule has 0 aromatic carbocycles. The number of ether oxygens (including phenoxy) is 1. The van der Waals surface area contributed by atoms with Gasteiger partial charge in [-0.3, -0.25) is 0 Å². The monoisotopic (exact) mass is 306 g/mol. The van der Waals surface area contributed by atoms with E-state index in [1.54, 1.807) is 0 Å². The van der Waals surface area contributed by atoms with Gasteiger partial charge in [-0.2, -0.15) is 17.0 Å². The first-order chi connectivity index (χ1) is 9.59. The lowest BCUT2D eigenvalue weighted by molar-refractivity contribution is 0.0239. The van der Waals surface area contributed by atoms with E-state index in [-0.39, 0.29) is 18.8 Å². The van der Waals surface area contributed by atoms with Crippen LogP contribution in [0.15, 0.2) is 0 Å². The third-order valence-electron chi connectivity index (χ3n) is 4.15. The van der Waals surface area contributed by atoms with Crippen molar-refractivity contribution < 1.29 is 18.3 Å². The predicted octanol–water partition coefficient (Wildman–Crippen LogP) is 0.579. The topological polar surface area (TPSA) is 70.1 Å². The van der Waals surface area contributed by atoms with Crippen LogP contribution in [0.5, 0.6) is 0 Å². The molecule has 2 fully saturated rings. The number of hydrogen-bond acceptors (Lipinski definition) is 4. The molecule has 0 bridgehead atoms. The molecule has 0 amide bonds. The molecule has 2 heterocycles. The standard InChI is InChI=1S/C13H26N2O4S/c1-2-19-13-7-5-8-14(10-13)20(17,18)15-9-4-3-6-12(15)11-16/h12-13,16H,2-11H2,1H3. The zero-order chi connectivity index (χ0) is 14.6. The normalized spacial score (nSPS) is 30.5. The zero-order valence-electron chi connectivity index (χ0n) is 12.2. The van der Waals surface area contributed by atoms with E-state index < -0.39 is 10.2 Å². The van der Waals surface area contributed by atoms with Crippen LogP contribution in [0.1, 0.15) is 39.0 Å². The van der Waals surface area contributed by atoms with Gasteiger partial charge in [-0.15, -0.1) is 0 Å². The van der Waals surface area contributed by atoms with Gasteiger partial charge >= 0.3 is 0 Å². The summed E-state index contributed by atoms with van der Waals surface area (Å²) < 4.78 is 34.1. The molecular weight excluding hydrogens is 280 g/mol. The van der Waals surface area contributed by atoms with Gasteiger partial charge in [-0.05, 0) is 32.6 Å². The molecule has 2 unspecified atom stereocenters. The lowest BCUT2D eigenvalue weighted by Crippen LogP contribution is -2.54. The van der Waals surface area contributed by atoms with E-state index in [0.29, 0.717) is 26.2 Å². The molecule has 2 saturated heterocycles. The van der Waals surface area contributed by atoms with E-state index >= 15 is 0 Å². The smallest absolute Gasteiger partial charge is 0.282 e. The molecule has 20 heavy (non-hydrogen) atoms. The third kappa shape index (κ3) is 3.51. The summed E-state index contributed by atoms with van der Waals surface area (Å²) in [5.74, 6) is 0. The zero-order valence-corrected chi connectivity index (χ0v) is 13.0. The van der Waals surface area contributed by atoms with Crippen LogP contribution in [0.2, 0.25) is 0 Å². The van der Waals surface area contributed by atoms with Gasteiger partial charge in [0.15, 0.2) is 0 Å². The molecule has 0 radical (unpaired) electrons. The minimum Gasteiger partial charge on any atom is -0.395 e. The van der Waals surface area contributed by atoms with E-state index in [2.05, 4.69) is 0 Å².